The average Bonchev–Trinajstić information content (AvgIpc) is 2.58. The number of ether oxygens (including phenoxy) is 1. The summed E-state index contributed by atoms with van der Waals surface area (Å²) in [6, 6.07) is 8.17. The maximum Gasteiger partial charge on any atom is 0.303 e. The lowest BCUT2D eigenvalue weighted by atomic mass is 9.88. The summed E-state index contributed by atoms with van der Waals surface area (Å²) in [7, 11) is 0. The first kappa shape index (κ1) is 18.5. The Kier molecular flexibility index (Phi) is 7.25. The van der Waals surface area contributed by atoms with E-state index in [0.29, 0.717) is 19.6 Å². The Labute approximate surface area is 143 Å². The molecule has 0 spiro atoms. The number of hydrogen-bond donors (Lipinski definition) is 2. The molecule has 1 heterocycles. The fraction of sp³-hybridized carbons (Fsp3) is 0.579. The number of nitrogens with one attached hydrogen (secondary N) is 1. The molecule has 0 bridgehead atoms. The van der Waals surface area contributed by atoms with Gasteiger partial charge in [0, 0.05) is 19.6 Å². The number of benzene rings is 1. The first-order valence-corrected chi connectivity index (χ1v) is 8.75. The Morgan fingerprint density at radius 3 is 2.67 bits per heavy atom. The Hall–Kier alpha value is -1.88. The van der Waals surface area contributed by atoms with Crippen molar-refractivity contribution in [3.8, 4) is 0 Å². The highest BCUT2D eigenvalue weighted by Crippen LogP contribution is 2.33. The first-order chi connectivity index (χ1) is 11.6. The highest BCUT2D eigenvalue weighted by atomic mass is 16.5. The molecule has 2 atom stereocenters. The Morgan fingerprint density at radius 2 is 1.96 bits per heavy atom. The van der Waals surface area contributed by atoms with Gasteiger partial charge in [0.15, 0.2) is 0 Å². The van der Waals surface area contributed by atoms with Crippen molar-refractivity contribution >= 4 is 11.9 Å². The highest BCUT2D eigenvalue weighted by Gasteiger charge is 2.32. The van der Waals surface area contributed by atoms with Gasteiger partial charge in [-0.1, -0.05) is 36.2 Å². The summed E-state index contributed by atoms with van der Waals surface area (Å²) in [5, 5.41) is 11.6. The van der Waals surface area contributed by atoms with Crippen LogP contribution in [0.1, 0.15) is 55.8 Å². The number of carbonyl (C=O) groups is 2. The lowest BCUT2D eigenvalue weighted by molar-refractivity contribution is -0.137. The van der Waals surface area contributed by atoms with Crippen LogP contribution in [0.15, 0.2) is 24.3 Å². The second-order valence-electron chi connectivity index (χ2n) is 6.45. The quantitative estimate of drug-likeness (QED) is 0.716. The summed E-state index contributed by atoms with van der Waals surface area (Å²) in [6.07, 6.45) is 4.04. The summed E-state index contributed by atoms with van der Waals surface area (Å²) in [5.41, 5.74) is 2.25. The molecule has 2 rings (SSSR count). The topological polar surface area (TPSA) is 75.6 Å². The molecule has 5 heteroatoms. The zero-order valence-electron chi connectivity index (χ0n) is 14.3. The molecule has 132 valence electrons. The van der Waals surface area contributed by atoms with Crippen LogP contribution in [0, 0.1) is 12.8 Å². The van der Waals surface area contributed by atoms with Gasteiger partial charge in [-0.2, -0.15) is 0 Å². The van der Waals surface area contributed by atoms with Crippen molar-refractivity contribution in [1.82, 2.24) is 5.32 Å². The zero-order valence-corrected chi connectivity index (χ0v) is 14.3. The predicted octanol–water partition coefficient (Wildman–Crippen LogP) is 3.22. The van der Waals surface area contributed by atoms with Gasteiger partial charge in [0.05, 0.1) is 12.0 Å². The van der Waals surface area contributed by atoms with E-state index in [4.69, 9.17) is 9.84 Å². The van der Waals surface area contributed by atoms with Crippen molar-refractivity contribution in [3.63, 3.8) is 0 Å². The standard InChI is InChI=1S/C19H27NO4/c1-14-8-10-15(11-9-14)18-16(6-5-13-24-18)19(23)20-12-4-2-3-7-17(21)22/h8-11,16,18H,2-7,12-13H2,1H3,(H,20,23)(H,21,22). The van der Waals surface area contributed by atoms with E-state index < -0.39 is 5.97 Å². The van der Waals surface area contributed by atoms with Crippen LogP contribution in [0.3, 0.4) is 0 Å². The van der Waals surface area contributed by atoms with Crippen LogP contribution < -0.4 is 5.32 Å². The lowest BCUT2D eigenvalue weighted by Crippen LogP contribution is -2.38. The zero-order chi connectivity index (χ0) is 17.4. The van der Waals surface area contributed by atoms with Gasteiger partial charge >= 0.3 is 5.97 Å². The van der Waals surface area contributed by atoms with Gasteiger partial charge in [0.2, 0.25) is 5.91 Å². The monoisotopic (exact) mass is 333 g/mol. The lowest BCUT2D eigenvalue weighted by Gasteiger charge is -2.31. The van der Waals surface area contributed by atoms with Gasteiger partial charge < -0.3 is 15.2 Å². The summed E-state index contributed by atoms with van der Waals surface area (Å²) in [6.45, 7) is 3.33. The number of rotatable bonds is 8. The van der Waals surface area contributed by atoms with Crippen molar-refractivity contribution in [2.45, 2.75) is 51.6 Å². The smallest absolute Gasteiger partial charge is 0.303 e. The normalized spacial score (nSPS) is 20.5. The van der Waals surface area contributed by atoms with Crippen molar-refractivity contribution < 1.29 is 19.4 Å². The minimum absolute atomic E-state index is 0.0403. The number of hydrogen-bond acceptors (Lipinski definition) is 3. The summed E-state index contributed by atoms with van der Waals surface area (Å²) in [5.74, 6) is -0.877. The number of aliphatic carboxylic acids is 1. The third-order valence-electron chi connectivity index (χ3n) is 4.43. The van der Waals surface area contributed by atoms with Crippen molar-refractivity contribution in [2.75, 3.05) is 13.2 Å². The molecule has 1 aliphatic rings. The minimum atomic E-state index is -0.765. The molecule has 0 aliphatic carbocycles. The van der Waals surface area contributed by atoms with Crippen LogP contribution in [0.5, 0.6) is 0 Å². The maximum atomic E-state index is 12.5. The molecule has 2 N–H and O–H groups in total. The SMILES string of the molecule is Cc1ccc(C2OCCCC2C(=O)NCCCCCC(=O)O)cc1. The van der Waals surface area contributed by atoms with Crippen LogP contribution in [0.2, 0.25) is 0 Å². The van der Waals surface area contributed by atoms with E-state index in [9.17, 15) is 9.59 Å². The number of carbonyl (C=O) groups excluding carboxylic acids is 1. The third kappa shape index (κ3) is 5.64. The number of carboxylic acid groups (broad SMARTS) is 1. The Bertz CT molecular complexity index is 541. The van der Waals surface area contributed by atoms with Crippen molar-refractivity contribution in [1.29, 1.82) is 0 Å². The molecule has 0 radical (unpaired) electrons. The van der Waals surface area contributed by atoms with Crippen molar-refractivity contribution in [2.24, 2.45) is 5.92 Å². The maximum absolute atomic E-state index is 12.5. The fourth-order valence-electron chi connectivity index (χ4n) is 3.06. The molecule has 1 saturated heterocycles. The number of amides is 1. The summed E-state index contributed by atoms with van der Waals surface area (Å²) in [4.78, 5) is 23.0. The largest absolute Gasteiger partial charge is 0.481 e. The minimum Gasteiger partial charge on any atom is -0.481 e. The van der Waals surface area contributed by atoms with Crippen LogP contribution in [-0.2, 0) is 14.3 Å². The molecular formula is C19H27NO4. The van der Waals surface area contributed by atoms with E-state index in [1.807, 2.05) is 31.2 Å². The Balaban J connectivity index is 1.82. The van der Waals surface area contributed by atoms with E-state index in [1.165, 1.54) is 5.56 Å². The molecule has 2 unspecified atom stereocenters. The highest BCUT2D eigenvalue weighted by molar-refractivity contribution is 5.79. The molecule has 5 nitrogen and oxygen atoms in total. The molecule has 1 aromatic carbocycles. The average molecular weight is 333 g/mol. The van der Waals surface area contributed by atoms with Crippen molar-refractivity contribution in [3.05, 3.63) is 35.4 Å². The first-order valence-electron chi connectivity index (χ1n) is 8.75. The molecule has 0 saturated carbocycles. The number of unbranched alkanes of at least 4 members (excludes halogenated alkanes) is 2. The predicted molar refractivity (Wildman–Crippen MR) is 91.7 cm³/mol. The molecule has 1 aromatic rings. The van der Waals surface area contributed by atoms with Gasteiger partial charge in [-0.05, 0) is 38.2 Å². The summed E-state index contributed by atoms with van der Waals surface area (Å²) >= 11 is 0. The van der Waals surface area contributed by atoms with Crippen LogP contribution in [0.4, 0.5) is 0 Å². The molecule has 1 amide bonds. The summed E-state index contributed by atoms with van der Waals surface area (Å²) < 4.78 is 5.88. The molecule has 1 aliphatic heterocycles. The van der Waals surface area contributed by atoms with E-state index >= 15 is 0 Å². The van der Waals surface area contributed by atoms with Crippen LogP contribution >= 0.6 is 0 Å². The second kappa shape index (κ2) is 9.42. The molecule has 0 aromatic heterocycles. The van der Waals surface area contributed by atoms with Gasteiger partial charge in [-0.15, -0.1) is 0 Å². The molecular weight excluding hydrogens is 306 g/mol. The van der Waals surface area contributed by atoms with Crippen LogP contribution in [-0.4, -0.2) is 30.1 Å². The van der Waals surface area contributed by atoms with E-state index in [1.54, 1.807) is 0 Å². The number of aryl methyl sites for hydroxylation is 1. The van der Waals surface area contributed by atoms with Gasteiger partial charge in [0.1, 0.15) is 0 Å². The third-order valence-corrected chi connectivity index (χ3v) is 4.43. The van der Waals surface area contributed by atoms with E-state index in [-0.39, 0.29) is 24.3 Å². The number of carboxylic acids is 1. The van der Waals surface area contributed by atoms with Gasteiger partial charge in [-0.3, -0.25) is 9.59 Å². The molecule has 24 heavy (non-hydrogen) atoms. The second-order valence-corrected chi connectivity index (χ2v) is 6.45. The van der Waals surface area contributed by atoms with E-state index in [2.05, 4.69) is 5.32 Å². The van der Waals surface area contributed by atoms with Gasteiger partial charge in [-0.25, -0.2) is 0 Å². The van der Waals surface area contributed by atoms with Crippen LogP contribution in [0.25, 0.3) is 0 Å². The molecule has 1 fully saturated rings. The van der Waals surface area contributed by atoms with Gasteiger partial charge in [0.25, 0.3) is 0 Å². The Morgan fingerprint density at radius 1 is 1.21 bits per heavy atom. The van der Waals surface area contributed by atoms with E-state index in [0.717, 1.165) is 31.2 Å². The fourth-order valence-corrected chi connectivity index (χ4v) is 3.06.